The van der Waals surface area contributed by atoms with E-state index in [-0.39, 0.29) is 12.6 Å². The van der Waals surface area contributed by atoms with Crippen molar-refractivity contribution in [3.05, 3.63) is 35.4 Å². The first-order valence-electron chi connectivity index (χ1n) is 5.24. The predicted molar refractivity (Wildman–Crippen MR) is 57.6 cm³/mol. The van der Waals surface area contributed by atoms with E-state index >= 15 is 0 Å². The van der Waals surface area contributed by atoms with Gasteiger partial charge in [0, 0.05) is 17.7 Å². The van der Waals surface area contributed by atoms with Crippen LogP contribution in [0.5, 0.6) is 0 Å². The Balaban J connectivity index is 2.87. The molecule has 1 atom stereocenters. The number of halogens is 2. The van der Waals surface area contributed by atoms with Gasteiger partial charge in [-0.3, -0.25) is 5.32 Å². The Morgan fingerprint density at radius 2 is 2.19 bits per heavy atom. The van der Waals surface area contributed by atoms with Crippen molar-refractivity contribution in [1.82, 2.24) is 5.32 Å². The molecule has 0 spiro atoms. The molecule has 0 aliphatic carbocycles. The molecule has 1 aromatic carbocycles. The molecular weight excluding hydrogens is 210 g/mol. The number of nitriles is 1. The van der Waals surface area contributed by atoms with Crippen LogP contribution in [0, 0.1) is 23.0 Å². The summed E-state index contributed by atoms with van der Waals surface area (Å²) in [6.07, 6.45) is 1.57. The fraction of sp³-hybridized carbons (Fsp3) is 0.417. The monoisotopic (exact) mass is 224 g/mol. The second kappa shape index (κ2) is 6.19. The first-order valence-corrected chi connectivity index (χ1v) is 5.24. The minimum Gasteiger partial charge on any atom is -0.297 e. The van der Waals surface area contributed by atoms with Gasteiger partial charge in [-0.15, -0.1) is 0 Å². The number of benzene rings is 1. The molecule has 0 aliphatic rings. The van der Waals surface area contributed by atoms with Gasteiger partial charge in [-0.05, 0) is 12.5 Å². The summed E-state index contributed by atoms with van der Waals surface area (Å²) in [4.78, 5) is 0. The second-order valence-electron chi connectivity index (χ2n) is 3.55. The predicted octanol–water partition coefficient (Wildman–Crippen LogP) is 2.92. The summed E-state index contributed by atoms with van der Waals surface area (Å²) in [5.41, 5.74) is 0.415. The van der Waals surface area contributed by atoms with Crippen molar-refractivity contribution in [2.24, 2.45) is 0 Å². The number of nitrogens with one attached hydrogen (secondary N) is 1. The Kier molecular flexibility index (Phi) is 4.87. The number of hydrogen-bond acceptors (Lipinski definition) is 2. The van der Waals surface area contributed by atoms with Crippen LogP contribution >= 0.6 is 0 Å². The van der Waals surface area contributed by atoms with Crippen molar-refractivity contribution in [3.8, 4) is 6.07 Å². The number of hydrogen-bond donors (Lipinski definition) is 1. The van der Waals surface area contributed by atoms with Crippen LogP contribution in [0.2, 0.25) is 0 Å². The van der Waals surface area contributed by atoms with Gasteiger partial charge in [0.1, 0.15) is 11.6 Å². The zero-order valence-corrected chi connectivity index (χ0v) is 9.13. The summed E-state index contributed by atoms with van der Waals surface area (Å²) in [5.74, 6) is -1.15. The fourth-order valence-corrected chi connectivity index (χ4v) is 1.61. The smallest absolute Gasteiger partial charge is 0.130 e. The Morgan fingerprint density at radius 1 is 1.44 bits per heavy atom. The van der Waals surface area contributed by atoms with Crippen molar-refractivity contribution in [2.75, 3.05) is 6.54 Å². The van der Waals surface area contributed by atoms with Gasteiger partial charge >= 0.3 is 0 Å². The van der Waals surface area contributed by atoms with Crippen LogP contribution in [-0.4, -0.2) is 6.54 Å². The molecule has 0 amide bonds. The lowest BCUT2D eigenvalue weighted by Crippen LogP contribution is -2.22. The van der Waals surface area contributed by atoms with Gasteiger partial charge in [0.2, 0.25) is 0 Å². The average molecular weight is 224 g/mol. The van der Waals surface area contributed by atoms with Crippen molar-refractivity contribution in [2.45, 2.75) is 25.8 Å². The summed E-state index contributed by atoms with van der Waals surface area (Å²) in [6, 6.07) is 5.24. The van der Waals surface area contributed by atoms with E-state index in [2.05, 4.69) is 5.32 Å². The lowest BCUT2D eigenvalue weighted by Gasteiger charge is -2.17. The highest BCUT2D eigenvalue weighted by molar-refractivity contribution is 5.22. The Labute approximate surface area is 93.9 Å². The molecule has 1 aromatic rings. The van der Waals surface area contributed by atoms with E-state index in [1.807, 2.05) is 13.0 Å². The molecule has 2 nitrogen and oxygen atoms in total. The summed E-state index contributed by atoms with van der Waals surface area (Å²) in [5, 5.41) is 11.4. The third kappa shape index (κ3) is 3.28. The molecule has 1 N–H and O–H groups in total. The zero-order valence-electron chi connectivity index (χ0n) is 9.13. The third-order valence-electron chi connectivity index (χ3n) is 2.34. The maximum atomic E-state index is 13.5. The molecular formula is C12H14F2N2. The lowest BCUT2D eigenvalue weighted by molar-refractivity contribution is 0.485. The summed E-state index contributed by atoms with van der Waals surface area (Å²) in [7, 11) is 0. The molecule has 0 aliphatic heterocycles. The van der Waals surface area contributed by atoms with E-state index in [4.69, 9.17) is 5.26 Å². The Bertz CT molecular complexity index is 385. The molecule has 0 saturated carbocycles. The van der Waals surface area contributed by atoms with Crippen molar-refractivity contribution in [3.63, 3.8) is 0 Å². The number of rotatable bonds is 5. The molecule has 0 bridgehead atoms. The molecule has 0 heterocycles. The van der Waals surface area contributed by atoms with Gasteiger partial charge in [0.25, 0.3) is 0 Å². The fourth-order valence-electron chi connectivity index (χ4n) is 1.61. The topological polar surface area (TPSA) is 35.8 Å². The van der Waals surface area contributed by atoms with Gasteiger partial charge in [0.05, 0.1) is 12.6 Å². The van der Waals surface area contributed by atoms with Gasteiger partial charge in [0.15, 0.2) is 0 Å². The normalized spacial score (nSPS) is 12.1. The quantitative estimate of drug-likeness (QED) is 0.780. The molecule has 0 radical (unpaired) electrons. The minimum atomic E-state index is -0.586. The van der Waals surface area contributed by atoms with E-state index in [0.717, 1.165) is 12.5 Å². The SMILES string of the molecule is CCC[C@@H](NCC#N)c1ccc(F)cc1F. The first kappa shape index (κ1) is 12.6. The molecule has 1 rings (SSSR count). The van der Waals surface area contributed by atoms with Gasteiger partial charge in [-0.1, -0.05) is 19.4 Å². The summed E-state index contributed by atoms with van der Waals surface area (Å²) >= 11 is 0. The molecule has 0 unspecified atom stereocenters. The number of nitrogens with zero attached hydrogens (tertiary/aromatic N) is 1. The molecule has 16 heavy (non-hydrogen) atoms. The zero-order chi connectivity index (χ0) is 12.0. The van der Waals surface area contributed by atoms with E-state index in [1.54, 1.807) is 0 Å². The minimum absolute atomic E-state index is 0.154. The average Bonchev–Trinajstić information content (AvgIpc) is 2.25. The largest absolute Gasteiger partial charge is 0.297 e. The van der Waals surface area contributed by atoms with E-state index < -0.39 is 11.6 Å². The summed E-state index contributed by atoms with van der Waals surface area (Å²) in [6.45, 7) is 2.13. The molecule has 0 saturated heterocycles. The van der Waals surface area contributed by atoms with Crippen LogP contribution in [0.25, 0.3) is 0 Å². The van der Waals surface area contributed by atoms with E-state index in [1.165, 1.54) is 12.1 Å². The Morgan fingerprint density at radius 3 is 2.75 bits per heavy atom. The second-order valence-corrected chi connectivity index (χ2v) is 3.55. The first-order chi connectivity index (χ1) is 7.69. The van der Waals surface area contributed by atoms with Crippen molar-refractivity contribution >= 4 is 0 Å². The van der Waals surface area contributed by atoms with Gasteiger partial charge < -0.3 is 0 Å². The summed E-state index contributed by atoms with van der Waals surface area (Å²) < 4.78 is 26.2. The standard InChI is InChI=1S/C12H14F2N2/c1-2-3-12(16-7-6-15)10-5-4-9(13)8-11(10)14/h4-5,8,12,16H,2-3,7H2,1H3/t12-/m1/s1. The Hall–Kier alpha value is -1.47. The van der Waals surface area contributed by atoms with Crippen LogP contribution in [0.4, 0.5) is 8.78 Å². The van der Waals surface area contributed by atoms with Crippen LogP contribution in [0.15, 0.2) is 18.2 Å². The highest BCUT2D eigenvalue weighted by Crippen LogP contribution is 2.21. The highest BCUT2D eigenvalue weighted by Gasteiger charge is 2.14. The third-order valence-corrected chi connectivity index (χ3v) is 2.34. The lowest BCUT2D eigenvalue weighted by atomic mass is 10.0. The van der Waals surface area contributed by atoms with Crippen LogP contribution in [0.3, 0.4) is 0 Å². The maximum Gasteiger partial charge on any atom is 0.130 e. The molecule has 86 valence electrons. The van der Waals surface area contributed by atoms with Gasteiger partial charge in [-0.25, -0.2) is 8.78 Å². The maximum absolute atomic E-state index is 13.5. The van der Waals surface area contributed by atoms with Crippen LogP contribution in [-0.2, 0) is 0 Å². The van der Waals surface area contributed by atoms with E-state index in [9.17, 15) is 8.78 Å². The molecule has 4 heteroatoms. The van der Waals surface area contributed by atoms with Crippen LogP contribution < -0.4 is 5.32 Å². The highest BCUT2D eigenvalue weighted by atomic mass is 19.1. The molecule has 0 aromatic heterocycles. The van der Waals surface area contributed by atoms with E-state index in [0.29, 0.717) is 12.0 Å². The molecule has 0 fully saturated rings. The van der Waals surface area contributed by atoms with Crippen molar-refractivity contribution < 1.29 is 8.78 Å². The van der Waals surface area contributed by atoms with Gasteiger partial charge in [-0.2, -0.15) is 5.26 Å². The van der Waals surface area contributed by atoms with Crippen molar-refractivity contribution in [1.29, 1.82) is 5.26 Å². The van der Waals surface area contributed by atoms with Crippen LogP contribution in [0.1, 0.15) is 31.4 Å².